The number of hydrogen-bond acceptors (Lipinski definition) is 10. The Morgan fingerprint density at radius 3 is 1.39 bits per heavy atom. The molecule has 0 heterocycles. The number of likely N-dealkylation sites (N-methyl/N-ethyl adjacent to an activating group) is 2. The monoisotopic (exact) mass is 530 g/mol. The van der Waals surface area contributed by atoms with Crippen LogP contribution in [0.1, 0.15) is 0 Å². The zero-order chi connectivity index (χ0) is 27.9. The van der Waals surface area contributed by atoms with Crippen LogP contribution in [0.25, 0.3) is 0 Å². The summed E-state index contributed by atoms with van der Waals surface area (Å²) < 4.78 is 20.9. The first-order chi connectivity index (χ1) is 18.2. The number of esters is 2. The molecule has 12 heteroatoms. The van der Waals surface area contributed by atoms with Crippen LogP contribution < -0.4 is 29.9 Å². The van der Waals surface area contributed by atoms with Crippen LogP contribution >= 0.6 is 0 Å². The van der Waals surface area contributed by atoms with Crippen LogP contribution in [0.15, 0.2) is 48.5 Å². The molecule has 0 saturated carbocycles. The number of amides is 2. The van der Waals surface area contributed by atoms with E-state index in [-0.39, 0.29) is 51.2 Å². The molecule has 2 aromatic carbocycles. The zero-order valence-electron chi connectivity index (χ0n) is 22.0. The summed E-state index contributed by atoms with van der Waals surface area (Å²) in [6.45, 7) is 0.0661. The number of hydrogen-bond donors (Lipinski definition) is 2. The molecule has 0 spiro atoms. The van der Waals surface area contributed by atoms with Gasteiger partial charge in [-0.2, -0.15) is 0 Å². The van der Waals surface area contributed by atoms with Gasteiger partial charge < -0.3 is 39.4 Å². The summed E-state index contributed by atoms with van der Waals surface area (Å²) in [5.74, 6) is -0.607. The predicted octanol–water partition coefficient (Wildman–Crippen LogP) is 0.595. The van der Waals surface area contributed by atoms with E-state index >= 15 is 0 Å². The van der Waals surface area contributed by atoms with Crippen LogP contribution in [0.3, 0.4) is 0 Å². The van der Waals surface area contributed by atoms with Crippen LogP contribution in [0, 0.1) is 0 Å². The average molecular weight is 531 g/mol. The minimum Gasteiger partial charge on any atom is -0.488 e. The number of para-hydroxylation sites is 4. The van der Waals surface area contributed by atoms with Crippen molar-refractivity contribution in [3.05, 3.63) is 48.5 Å². The van der Waals surface area contributed by atoms with Gasteiger partial charge in [0, 0.05) is 14.1 Å². The molecule has 2 amide bonds. The van der Waals surface area contributed by atoms with Gasteiger partial charge in [0.05, 0.1) is 38.7 Å². The maximum absolute atomic E-state index is 12.1. The number of methoxy groups -OCH3 is 2. The van der Waals surface area contributed by atoms with Crippen molar-refractivity contribution in [1.29, 1.82) is 0 Å². The van der Waals surface area contributed by atoms with E-state index in [0.29, 0.717) is 22.9 Å². The summed E-state index contributed by atoms with van der Waals surface area (Å²) >= 11 is 0. The van der Waals surface area contributed by atoms with E-state index in [0.717, 1.165) is 0 Å². The molecule has 0 aliphatic carbocycles. The van der Waals surface area contributed by atoms with E-state index < -0.39 is 11.9 Å². The van der Waals surface area contributed by atoms with Crippen molar-refractivity contribution in [3.63, 3.8) is 0 Å². The lowest BCUT2D eigenvalue weighted by Gasteiger charge is -2.23. The van der Waals surface area contributed by atoms with Crippen LogP contribution in [-0.2, 0) is 28.7 Å². The van der Waals surface area contributed by atoms with Gasteiger partial charge in [0.15, 0.2) is 0 Å². The van der Waals surface area contributed by atoms with E-state index in [4.69, 9.17) is 9.47 Å². The summed E-state index contributed by atoms with van der Waals surface area (Å²) in [7, 11) is 5.99. The lowest BCUT2D eigenvalue weighted by molar-refractivity contribution is -0.141. The molecule has 0 atom stereocenters. The minimum absolute atomic E-state index is 0.0147. The molecule has 0 unspecified atom stereocenters. The Morgan fingerprint density at radius 1 is 0.658 bits per heavy atom. The largest absolute Gasteiger partial charge is 0.488 e. The zero-order valence-corrected chi connectivity index (χ0v) is 22.0. The lowest BCUT2D eigenvalue weighted by atomic mass is 10.2. The summed E-state index contributed by atoms with van der Waals surface area (Å²) in [5.41, 5.74) is 1.39. The number of nitrogens with one attached hydrogen (secondary N) is 2. The first-order valence-electron chi connectivity index (χ1n) is 11.8. The Hall–Kier alpha value is -4.48. The first kappa shape index (κ1) is 29.7. The molecule has 0 aromatic heterocycles. The molecule has 0 aliphatic heterocycles. The van der Waals surface area contributed by atoms with E-state index in [1.165, 1.54) is 14.2 Å². The minimum atomic E-state index is -0.528. The molecule has 2 rings (SSSR count). The number of anilines is 2. The molecule has 2 N–H and O–H groups in total. The molecule has 0 saturated heterocycles. The Labute approximate surface area is 221 Å². The topological polar surface area (TPSA) is 136 Å². The lowest BCUT2D eigenvalue weighted by Crippen LogP contribution is -2.38. The molecular weight excluding hydrogens is 496 g/mol. The third-order valence-corrected chi connectivity index (χ3v) is 5.23. The number of benzene rings is 2. The van der Waals surface area contributed by atoms with E-state index in [2.05, 4.69) is 20.1 Å². The summed E-state index contributed by atoms with van der Waals surface area (Å²) in [6.07, 6.45) is 0. The van der Waals surface area contributed by atoms with Crippen molar-refractivity contribution in [3.8, 4) is 11.5 Å². The van der Waals surface area contributed by atoms with Crippen molar-refractivity contribution >= 4 is 35.1 Å². The van der Waals surface area contributed by atoms with Crippen molar-refractivity contribution in [2.24, 2.45) is 0 Å². The van der Waals surface area contributed by atoms with Crippen LogP contribution in [-0.4, -0.2) is 91.5 Å². The highest BCUT2D eigenvalue weighted by atomic mass is 16.5. The van der Waals surface area contributed by atoms with Crippen LogP contribution in [0.4, 0.5) is 11.4 Å². The van der Waals surface area contributed by atoms with E-state index in [1.807, 2.05) is 36.4 Å². The van der Waals surface area contributed by atoms with Gasteiger partial charge in [-0.15, -0.1) is 0 Å². The van der Waals surface area contributed by atoms with Gasteiger partial charge in [-0.25, -0.2) is 0 Å². The quantitative estimate of drug-likeness (QED) is 0.249. The van der Waals surface area contributed by atoms with Gasteiger partial charge in [-0.05, 0) is 24.3 Å². The maximum Gasteiger partial charge on any atom is 0.325 e. The average Bonchev–Trinajstić information content (AvgIpc) is 2.92. The standard InChI is InChI=1S/C26H34N4O8/c1-29(17-23(31)27-15-25(33)35-3)19-9-5-7-11-21(19)37-13-14-38-22-12-8-6-10-20(22)30(2)18-24(32)28-16-26(34)36-4/h5-12H,13-18H2,1-4H3,(H,27,31)(H,28,32). The summed E-state index contributed by atoms with van der Waals surface area (Å²) in [5, 5.41) is 5.00. The Kier molecular flexibility index (Phi) is 12.2. The Balaban J connectivity index is 1.90. The van der Waals surface area contributed by atoms with Gasteiger partial charge in [0.1, 0.15) is 37.8 Å². The number of carbonyl (C=O) groups is 4. The Bertz CT molecular complexity index is 1010. The van der Waals surface area contributed by atoms with Crippen molar-refractivity contribution in [2.75, 3.05) is 77.5 Å². The molecule has 12 nitrogen and oxygen atoms in total. The third kappa shape index (κ3) is 9.88. The fraction of sp³-hybridized carbons (Fsp3) is 0.385. The second-order valence-electron chi connectivity index (χ2n) is 8.05. The molecule has 206 valence electrons. The number of rotatable bonds is 15. The fourth-order valence-electron chi connectivity index (χ4n) is 3.29. The highest BCUT2D eigenvalue weighted by Gasteiger charge is 2.15. The number of ether oxygens (including phenoxy) is 4. The van der Waals surface area contributed by atoms with Crippen molar-refractivity contribution in [2.45, 2.75) is 0 Å². The third-order valence-electron chi connectivity index (χ3n) is 5.23. The smallest absolute Gasteiger partial charge is 0.325 e. The fourth-order valence-corrected chi connectivity index (χ4v) is 3.29. The SMILES string of the molecule is COC(=O)CNC(=O)CN(C)c1ccccc1OCCOc1ccccc1N(C)CC(=O)NCC(=O)OC. The van der Waals surface area contributed by atoms with Gasteiger partial charge in [0.2, 0.25) is 11.8 Å². The molecule has 0 bridgehead atoms. The van der Waals surface area contributed by atoms with Gasteiger partial charge >= 0.3 is 11.9 Å². The van der Waals surface area contributed by atoms with E-state index in [9.17, 15) is 19.2 Å². The predicted molar refractivity (Wildman–Crippen MR) is 140 cm³/mol. The van der Waals surface area contributed by atoms with E-state index in [1.54, 1.807) is 36.0 Å². The molecule has 0 radical (unpaired) electrons. The van der Waals surface area contributed by atoms with Gasteiger partial charge in [-0.3, -0.25) is 19.2 Å². The van der Waals surface area contributed by atoms with Gasteiger partial charge in [0.25, 0.3) is 0 Å². The second-order valence-corrected chi connectivity index (χ2v) is 8.05. The molecule has 0 aliphatic rings. The number of carbonyl (C=O) groups excluding carboxylic acids is 4. The number of nitrogens with zero attached hydrogens (tertiary/aromatic N) is 2. The second kappa shape index (κ2) is 15.6. The van der Waals surface area contributed by atoms with Gasteiger partial charge in [-0.1, -0.05) is 24.3 Å². The maximum atomic E-state index is 12.1. The normalized spacial score (nSPS) is 10.1. The highest BCUT2D eigenvalue weighted by molar-refractivity contribution is 5.86. The summed E-state index contributed by atoms with van der Waals surface area (Å²) in [4.78, 5) is 50.1. The Morgan fingerprint density at radius 2 is 1.03 bits per heavy atom. The van der Waals surface area contributed by atoms with Crippen LogP contribution in [0.2, 0.25) is 0 Å². The van der Waals surface area contributed by atoms with Crippen molar-refractivity contribution < 1.29 is 38.1 Å². The molecule has 2 aromatic rings. The molecule has 0 fully saturated rings. The molecule has 38 heavy (non-hydrogen) atoms. The first-order valence-corrected chi connectivity index (χ1v) is 11.8. The molecular formula is C26H34N4O8. The van der Waals surface area contributed by atoms with Crippen molar-refractivity contribution in [1.82, 2.24) is 10.6 Å². The summed E-state index contributed by atoms with van der Waals surface area (Å²) in [6, 6.07) is 14.5. The highest BCUT2D eigenvalue weighted by Crippen LogP contribution is 2.28. The van der Waals surface area contributed by atoms with Crippen LogP contribution in [0.5, 0.6) is 11.5 Å².